The van der Waals surface area contributed by atoms with Gasteiger partial charge in [-0.2, -0.15) is 0 Å². The monoisotopic (exact) mass is 379 g/mol. The number of oxime groups is 1. The number of aromatic nitrogens is 2. The molecule has 4 aromatic rings. The molecule has 0 saturated carbocycles. The summed E-state index contributed by atoms with van der Waals surface area (Å²) in [5.74, 6) is 0. The van der Waals surface area contributed by atoms with Crippen molar-refractivity contribution in [3.63, 3.8) is 0 Å². The number of nitrogens with one attached hydrogen (secondary N) is 1. The molecule has 0 fully saturated rings. The van der Waals surface area contributed by atoms with Crippen molar-refractivity contribution >= 4 is 39.6 Å². The second-order valence-electron chi connectivity index (χ2n) is 6.36. The maximum Gasteiger partial charge on any atom is 0.0922 e. The lowest BCUT2D eigenvalue weighted by molar-refractivity contribution is 0.185. The first-order valence-electron chi connectivity index (χ1n) is 8.53. The molecule has 2 aromatic carbocycles. The Morgan fingerprint density at radius 1 is 1.15 bits per heavy atom. The highest BCUT2D eigenvalue weighted by Gasteiger charge is 2.16. The number of ether oxygens (including phenoxy) is 1. The number of halogens is 1. The molecule has 2 N–H and O–H groups in total. The van der Waals surface area contributed by atoms with Crippen molar-refractivity contribution in [1.29, 1.82) is 0 Å². The number of hydrogen-bond acceptors (Lipinski definition) is 4. The minimum absolute atomic E-state index is 0.369. The van der Waals surface area contributed by atoms with Crippen LogP contribution in [0.15, 0.2) is 53.8 Å². The van der Waals surface area contributed by atoms with Gasteiger partial charge in [-0.05, 0) is 35.7 Å². The Morgan fingerprint density at radius 2 is 1.96 bits per heavy atom. The Bertz CT molecular complexity index is 1130. The third-order valence-corrected chi connectivity index (χ3v) is 4.91. The van der Waals surface area contributed by atoms with Crippen LogP contribution < -0.4 is 0 Å². The fourth-order valence-corrected chi connectivity index (χ4v) is 3.64. The number of nitrogens with zero attached hydrogens (tertiary/aromatic N) is 2. The van der Waals surface area contributed by atoms with Crippen molar-refractivity contribution in [3.8, 4) is 0 Å². The quantitative estimate of drug-likeness (QED) is 0.294. The van der Waals surface area contributed by atoms with Crippen LogP contribution in [-0.4, -0.2) is 28.5 Å². The minimum Gasteiger partial charge on any atom is -0.411 e. The van der Waals surface area contributed by atoms with Crippen molar-refractivity contribution in [3.05, 3.63) is 76.1 Å². The molecular weight excluding hydrogens is 362 g/mol. The standard InChI is InChI=1S/C21H18ClN3O2/c1-27-12-16-18(11-24-26)23-10-19-21(16)20-14(3-2-4-17(20)25-19)9-13-5-7-15(22)8-6-13/h2-8,10-11,25-26H,9,12H2,1H3/b24-11+. The van der Waals surface area contributed by atoms with Gasteiger partial charge in [-0.15, -0.1) is 0 Å². The van der Waals surface area contributed by atoms with Crippen molar-refractivity contribution in [1.82, 2.24) is 9.97 Å². The van der Waals surface area contributed by atoms with Crippen LogP contribution in [0.5, 0.6) is 0 Å². The van der Waals surface area contributed by atoms with Gasteiger partial charge in [0.25, 0.3) is 0 Å². The van der Waals surface area contributed by atoms with E-state index in [1.807, 2.05) is 30.3 Å². The molecule has 0 aliphatic carbocycles. The lowest BCUT2D eigenvalue weighted by Gasteiger charge is -2.09. The van der Waals surface area contributed by atoms with E-state index in [4.69, 9.17) is 21.5 Å². The molecule has 4 rings (SSSR count). The summed E-state index contributed by atoms with van der Waals surface area (Å²) in [5, 5.41) is 15.0. The number of fused-ring (bicyclic) bond motifs is 3. The van der Waals surface area contributed by atoms with Gasteiger partial charge < -0.3 is 14.9 Å². The average molecular weight is 380 g/mol. The Hall–Kier alpha value is -2.89. The summed E-state index contributed by atoms with van der Waals surface area (Å²) >= 11 is 6.01. The van der Waals surface area contributed by atoms with Crippen LogP contribution in [0.25, 0.3) is 21.8 Å². The molecule has 136 valence electrons. The van der Waals surface area contributed by atoms with Gasteiger partial charge in [0.15, 0.2) is 0 Å². The topological polar surface area (TPSA) is 70.5 Å². The van der Waals surface area contributed by atoms with E-state index in [0.717, 1.165) is 38.8 Å². The van der Waals surface area contributed by atoms with Crippen molar-refractivity contribution in [2.24, 2.45) is 5.16 Å². The molecule has 0 atom stereocenters. The van der Waals surface area contributed by atoms with Gasteiger partial charge in [-0.1, -0.05) is 41.0 Å². The third kappa shape index (κ3) is 3.27. The maximum atomic E-state index is 8.99. The maximum absolute atomic E-state index is 8.99. The minimum atomic E-state index is 0.369. The first-order chi connectivity index (χ1) is 13.2. The van der Waals surface area contributed by atoms with Crippen molar-refractivity contribution in [2.75, 3.05) is 7.11 Å². The van der Waals surface area contributed by atoms with Crippen LogP contribution in [0.2, 0.25) is 5.02 Å². The van der Waals surface area contributed by atoms with E-state index in [9.17, 15) is 0 Å². The molecule has 2 heterocycles. The zero-order valence-electron chi connectivity index (χ0n) is 14.7. The summed E-state index contributed by atoms with van der Waals surface area (Å²) in [4.78, 5) is 7.83. The van der Waals surface area contributed by atoms with Gasteiger partial charge in [0, 0.05) is 34.0 Å². The largest absolute Gasteiger partial charge is 0.411 e. The summed E-state index contributed by atoms with van der Waals surface area (Å²) in [6.07, 6.45) is 3.88. The lowest BCUT2D eigenvalue weighted by atomic mass is 9.97. The highest BCUT2D eigenvalue weighted by molar-refractivity contribution is 6.30. The second-order valence-corrected chi connectivity index (χ2v) is 6.79. The van der Waals surface area contributed by atoms with Crippen molar-refractivity contribution in [2.45, 2.75) is 13.0 Å². The van der Waals surface area contributed by atoms with E-state index in [1.54, 1.807) is 13.3 Å². The van der Waals surface area contributed by atoms with Crippen LogP contribution in [0.3, 0.4) is 0 Å². The molecular formula is C21H18ClN3O2. The highest BCUT2D eigenvalue weighted by Crippen LogP contribution is 2.33. The van der Waals surface area contributed by atoms with Gasteiger partial charge >= 0.3 is 0 Å². The number of H-pyrrole nitrogens is 1. The van der Waals surface area contributed by atoms with Crippen LogP contribution in [-0.2, 0) is 17.8 Å². The summed E-state index contributed by atoms with van der Waals surface area (Å²) in [6, 6.07) is 14.1. The fourth-order valence-electron chi connectivity index (χ4n) is 3.52. The van der Waals surface area contributed by atoms with E-state index in [-0.39, 0.29) is 0 Å². The predicted molar refractivity (Wildman–Crippen MR) is 108 cm³/mol. The molecule has 0 saturated heterocycles. The van der Waals surface area contributed by atoms with Gasteiger partial charge in [0.05, 0.1) is 30.2 Å². The highest BCUT2D eigenvalue weighted by atomic mass is 35.5. The molecule has 0 spiro atoms. The fraction of sp³-hybridized carbons (Fsp3) is 0.143. The van der Waals surface area contributed by atoms with E-state index >= 15 is 0 Å². The molecule has 0 amide bonds. The molecule has 5 nitrogen and oxygen atoms in total. The summed E-state index contributed by atoms with van der Waals surface area (Å²) in [5.41, 5.74) is 5.82. The molecule has 0 unspecified atom stereocenters. The Kier molecular flexibility index (Phi) is 4.79. The van der Waals surface area contributed by atoms with Gasteiger partial charge in [0.1, 0.15) is 0 Å². The smallest absolute Gasteiger partial charge is 0.0922 e. The Balaban J connectivity index is 1.97. The Morgan fingerprint density at radius 3 is 2.70 bits per heavy atom. The molecule has 0 radical (unpaired) electrons. The molecule has 27 heavy (non-hydrogen) atoms. The number of pyridine rings is 1. The number of hydrogen-bond donors (Lipinski definition) is 2. The first-order valence-corrected chi connectivity index (χ1v) is 8.91. The molecule has 0 bridgehead atoms. The number of methoxy groups -OCH3 is 1. The normalized spacial score (nSPS) is 11.8. The number of rotatable bonds is 5. The molecule has 6 heteroatoms. The number of benzene rings is 2. The summed E-state index contributed by atoms with van der Waals surface area (Å²) < 4.78 is 5.40. The second kappa shape index (κ2) is 7.39. The average Bonchev–Trinajstić information content (AvgIpc) is 3.05. The predicted octanol–water partition coefficient (Wildman–Crippen LogP) is 4.91. The van der Waals surface area contributed by atoms with E-state index in [1.165, 1.54) is 17.3 Å². The van der Waals surface area contributed by atoms with E-state index < -0.39 is 0 Å². The zero-order chi connectivity index (χ0) is 18.8. The van der Waals surface area contributed by atoms with Crippen molar-refractivity contribution < 1.29 is 9.94 Å². The van der Waals surface area contributed by atoms with Gasteiger partial charge in [-0.3, -0.25) is 4.98 Å². The Labute approximate surface area is 161 Å². The first kappa shape index (κ1) is 17.5. The van der Waals surface area contributed by atoms with Crippen LogP contribution in [0.1, 0.15) is 22.4 Å². The molecule has 0 aliphatic heterocycles. The van der Waals surface area contributed by atoms with E-state index in [2.05, 4.69) is 27.3 Å². The summed E-state index contributed by atoms with van der Waals surface area (Å²) in [7, 11) is 1.64. The van der Waals surface area contributed by atoms with Crippen LogP contribution >= 0.6 is 11.6 Å². The third-order valence-electron chi connectivity index (χ3n) is 4.66. The molecule has 2 aromatic heterocycles. The SMILES string of the molecule is COCc1c(/C=N/O)ncc2[nH]c3cccc(Cc4ccc(Cl)cc4)c3c12. The zero-order valence-corrected chi connectivity index (χ0v) is 15.5. The van der Waals surface area contributed by atoms with E-state index in [0.29, 0.717) is 12.3 Å². The number of aromatic amines is 1. The van der Waals surface area contributed by atoms with Gasteiger partial charge in [0.2, 0.25) is 0 Å². The summed E-state index contributed by atoms with van der Waals surface area (Å²) in [6.45, 7) is 0.369. The van der Waals surface area contributed by atoms with Crippen LogP contribution in [0, 0.1) is 0 Å². The lowest BCUT2D eigenvalue weighted by Crippen LogP contribution is -2.00. The van der Waals surface area contributed by atoms with Gasteiger partial charge in [-0.25, -0.2) is 0 Å². The molecule has 0 aliphatic rings. The van der Waals surface area contributed by atoms with Crippen LogP contribution in [0.4, 0.5) is 0 Å².